The van der Waals surface area contributed by atoms with Gasteiger partial charge in [-0.05, 0) is 44.9 Å². The van der Waals surface area contributed by atoms with E-state index in [1.54, 1.807) is 0 Å². The summed E-state index contributed by atoms with van der Waals surface area (Å²) >= 11 is 0. The van der Waals surface area contributed by atoms with Gasteiger partial charge in [0.1, 0.15) is 0 Å². The van der Waals surface area contributed by atoms with Crippen molar-refractivity contribution in [3.8, 4) is 0 Å². The quantitative estimate of drug-likeness (QED) is 0.525. The van der Waals surface area contributed by atoms with Gasteiger partial charge in [-0.15, -0.1) is 6.58 Å². The van der Waals surface area contributed by atoms with Crippen LogP contribution >= 0.6 is 0 Å². The van der Waals surface area contributed by atoms with Crippen LogP contribution in [-0.2, 0) is 9.53 Å². The Kier molecular flexibility index (Phi) is 5.04. The van der Waals surface area contributed by atoms with E-state index in [9.17, 15) is 4.79 Å². The summed E-state index contributed by atoms with van der Waals surface area (Å²) in [7, 11) is 0. The minimum absolute atomic E-state index is 0.00977. The predicted octanol–water partition coefficient (Wildman–Crippen LogP) is 3.71. The van der Waals surface area contributed by atoms with Gasteiger partial charge in [0, 0.05) is 0 Å². The van der Waals surface area contributed by atoms with Gasteiger partial charge in [-0.2, -0.15) is 0 Å². The third-order valence-corrected chi connectivity index (χ3v) is 3.88. The zero-order valence-electron chi connectivity index (χ0n) is 10.6. The average Bonchev–Trinajstić information content (AvgIpc) is 2.30. The SMILES string of the molecule is C=CCC1(C(=O)OCC)CCC(CC)CC1. The maximum atomic E-state index is 12.0. The highest BCUT2D eigenvalue weighted by Gasteiger charge is 2.41. The molecule has 0 aromatic carbocycles. The molecule has 0 saturated heterocycles. The third kappa shape index (κ3) is 2.87. The van der Waals surface area contributed by atoms with Gasteiger partial charge in [-0.3, -0.25) is 4.79 Å². The molecular formula is C14H24O2. The van der Waals surface area contributed by atoms with Crippen LogP contribution in [0, 0.1) is 11.3 Å². The van der Waals surface area contributed by atoms with Crippen molar-refractivity contribution in [1.29, 1.82) is 0 Å². The van der Waals surface area contributed by atoms with Crippen LogP contribution in [0.3, 0.4) is 0 Å². The molecule has 0 atom stereocenters. The summed E-state index contributed by atoms with van der Waals surface area (Å²) in [5.74, 6) is 0.789. The monoisotopic (exact) mass is 224 g/mol. The molecule has 0 heterocycles. The molecule has 1 saturated carbocycles. The number of carbonyl (C=O) groups is 1. The van der Waals surface area contributed by atoms with E-state index < -0.39 is 0 Å². The Morgan fingerprint density at radius 2 is 2.06 bits per heavy atom. The molecule has 1 rings (SSSR count). The zero-order chi connectivity index (χ0) is 12.0. The van der Waals surface area contributed by atoms with Crippen molar-refractivity contribution in [2.75, 3.05) is 6.61 Å². The number of allylic oxidation sites excluding steroid dienone is 1. The van der Waals surface area contributed by atoms with Crippen LogP contribution in [0.2, 0.25) is 0 Å². The number of hydrogen-bond acceptors (Lipinski definition) is 2. The summed E-state index contributed by atoms with van der Waals surface area (Å²) in [4.78, 5) is 12.0. The first-order valence-electron chi connectivity index (χ1n) is 6.46. The maximum absolute atomic E-state index is 12.0. The molecule has 0 spiro atoms. The van der Waals surface area contributed by atoms with E-state index in [0.717, 1.165) is 38.0 Å². The van der Waals surface area contributed by atoms with Gasteiger partial charge in [0.2, 0.25) is 0 Å². The van der Waals surface area contributed by atoms with E-state index in [0.29, 0.717) is 6.61 Å². The van der Waals surface area contributed by atoms with Gasteiger partial charge >= 0.3 is 5.97 Å². The Bertz CT molecular complexity index is 237. The fourth-order valence-corrected chi connectivity index (χ4v) is 2.69. The largest absolute Gasteiger partial charge is 0.466 e. The van der Waals surface area contributed by atoms with Crippen molar-refractivity contribution in [1.82, 2.24) is 0 Å². The summed E-state index contributed by atoms with van der Waals surface area (Å²) in [5, 5.41) is 0. The van der Waals surface area contributed by atoms with E-state index >= 15 is 0 Å². The van der Waals surface area contributed by atoms with Crippen molar-refractivity contribution in [3.05, 3.63) is 12.7 Å². The molecule has 2 nitrogen and oxygen atoms in total. The summed E-state index contributed by atoms with van der Waals surface area (Å²) in [5.41, 5.74) is -0.260. The van der Waals surface area contributed by atoms with Crippen LogP contribution in [0.4, 0.5) is 0 Å². The molecule has 0 N–H and O–H groups in total. The molecule has 1 fully saturated rings. The Morgan fingerprint density at radius 1 is 1.44 bits per heavy atom. The molecule has 0 bridgehead atoms. The molecule has 0 radical (unpaired) electrons. The van der Waals surface area contributed by atoms with Crippen LogP contribution in [0.25, 0.3) is 0 Å². The second kappa shape index (κ2) is 6.07. The minimum Gasteiger partial charge on any atom is -0.466 e. The number of esters is 1. The summed E-state index contributed by atoms with van der Waals surface area (Å²) in [6, 6.07) is 0. The molecule has 16 heavy (non-hydrogen) atoms. The summed E-state index contributed by atoms with van der Waals surface area (Å²) in [6.07, 6.45) is 8.11. The molecule has 0 unspecified atom stereocenters. The number of carbonyl (C=O) groups excluding carboxylic acids is 1. The van der Waals surface area contributed by atoms with Gasteiger partial charge < -0.3 is 4.74 Å². The molecule has 0 amide bonds. The summed E-state index contributed by atoms with van der Waals surface area (Å²) in [6.45, 7) is 8.36. The van der Waals surface area contributed by atoms with Crippen molar-refractivity contribution in [2.24, 2.45) is 11.3 Å². The van der Waals surface area contributed by atoms with Gasteiger partial charge in [0.05, 0.1) is 12.0 Å². The van der Waals surface area contributed by atoms with Crippen molar-refractivity contribution < 1.29 is 9.53 Å². The van der Waals surface area contributed by atoms with Crippen LogP contribution < -0.4 is 0 Å². The third-order valence-electron chi connectivity index (χ3n) is 3.88. The van der Waals surface area contributed by atoms with Gasteiger partial charge in [0.25, 0.3) is 0 Å². The first-order chi connectivity index (χ1) is 7.68. The lowest BCUT2D eigenvalue weighted by molar-refractivity contribution is -0.158. The highest BCUT2D eigenvalue weighted by atomic mass is 16.5. The summed E-state index contributed by atoms with van der Waals surface area (Å²) < 4.78 is 5.22. The predicted molar refractivity (Wildman–Crippen MR) is 66.1 cm³/mol. The van der Waals surface area contributed by atoms with Crippen LogP contribution in [-0.4, -0.2) is 12.6 Å². The lowest BCUT2D eigenvalue weighted by atomic mass is 9.68. The van der Waals surface area contributed by atoms with E-state index in [1.165, 1.54) is 6.42 Å². The Balaban J connectivity index is 2.67. The second-order valence-corrected chi connectivity index (χ2v) is 4.85. The Hall–Kier alpha value is -0.790. The van der Waals surface area contributed by atoms with Crippen molar-refractivity contribution in [3.63, 3.8) is 0 Å². The van der Waals surface area contributed by atoms with Gasteiger partial charge in [-0.1, -0.05) is 19.4 Å². The average molecular weight is 224 g/mol. The zero-order valence-corrected chi connectivity index (χ0v) is 10.6. The molecular weight excluding hydrogens is 200 g/mol. The first kappa shape index (κ1) is 13.3. The molecule has 1 aliphatic carbocycles. The molecule has 0 aliphatic heterocycles. The molecule has 0 aromatic rings. The van der Waals surface area contributed by atoms with Crippen LogP contribution in [0.1, 0.15) is 52.4 Å². The molecule has 1 aliphatic rings. The fourth-order valence-electron chi connectivity index (χ4n) is 2.69. The molecule has 2 heteroatoms. The van der Waals surface area contributed by atoms with Crippen LogP contribution in [0.15, 0.2) is 12.7 Å². The topological polar surface area (TPSA) is 26.3 Å². The second-order valence-electron chi connectivity index (χ2n) is 4.85. The van der Waals surface area contributed by atoms with Gasteiger partial charge in [-0.25, -0.2) is 0 Å². The number of hydrogen-bond donors (Lipinski definition) is 0. The molecule has 92 valence electrons. The van der Waals surface area contributed by atoms with Gasteiger partial charge in [0.15, 0.2) is 0 Å². The highest BCUT2D eigenvalue weighted by Crippen LogP contribution is 2.43. The first-order valence-corrected chi connectivity index (χ1v) is 6.46. The number of rotatable bonds is 5. The lowest BCUT2D eigenvalue weighted by Crippen LogP contribution is -2.36. The van der Waals surface area contributed by atoms with Crippen LogP contribution in [0.5, 0.6) is 0 Å². The van der Waals surface area contributed by atoms with E-state index in [1.807, 2.05) is 13.0 Å². The van der Waals surface area contributed by atoms with E-state index in [-0.39, 0.29) is 11.4 Å². The Labute approximate surface area is 99.1 Å². The number of ether oxygens (including phenoxy) is 1. The molecule has 0 aromatic heterocycles. The standard InChI is InChI=1S/C14H24O2/c1-4-9-14(13(15)16-6-3)10-7-12(5-2)8-11-14/h4,12H,1,5-11H2,2-3H3. The highest BCUT2D eigenvalue weighted by molar-refractivity contribution is 5.77. The van der Waals surface area contributed by atoms with E-state index in [2.05, 4.69) is 13.5 Å². The fraction of sp³-hybridized carbons (Fsp3) is 0.786. The normalized spacial score (nSPS) is 29.8. The maximum Gasteiger partial charge on any atom is 0.312 e. The minimum atomic E-state index is -0.260. The Morgan fingerprint density at radius 3 is 2.50 bits per heavy atom. The smallest absolute Gasteiger partial charge is 0.312 e. The van der Waals surface area contributed by atoms with Crippen molar-refractivity contribution >= 4 is 5.97 Å². The lowest BCUT2D eigenvalue weighted by Gasteiger charge is -2.37. The van der Waals surface area contributed by atoms with E-state index in [4.69, 9.17) is 4.74 Å². The van der Waals surface area contributed by atoms with Crippen molar-refractivity contribution in [2.45, 2.75) is 52.4 Å².